The minimum Gasteiger partial charge on any atom is -0.494 e. The summed E-state index contributed by atoms with van der Waals surface area (Å²) in [6.07, 6.45) is 6.32. The molecular formula is C16H21NO2. The van der Waals surface area contributed by atoms with Gasteiger partial charge in [-0.05, 0) is 43.0 Å². The fraction of sp³-hybridized carbons (Fsp3) is 0.562. The van der Waals surface area contributed by atoms with Crippen molar-refractivity contribution in [3.05, 3.63) is 29.8 Å². The third-order valence-corrected chi connectivity index (χ3v) is 3.51. The quantitative estimate of drug-likeness (QED) is 0.703. The summed E-state index contributed by atoms with van der Waals surface area (Å²) in [4.78, 5) is 0. The summed E-state index contributed by atoms with van der Waals surface area (Å²) in [6.45, 7) is 2.35. The van der Waals surface area contributed by atoms with Crippen molar-refractivity contribution in [1.29, 1.82) is 5.26 Å². The minimum atomic E-state index is 0.659. The minimum absolute atomic E-state index is 0.659. The second-order valence-electron chi connectivity index (χ2n) is 5.06. The topological polar surface area (TPSA) is 42.2 Å². The molecule has 1 aromatic carbocycles. The van der Waals surface area contributed by atoms with Gasteiger partial charge in [0.1, 0.15) is 5.75 Å². The maximum atomic E-state index is 8.68. The highest BCUT2D eigenvalue weighted by Gasteiger charge is 2.14. The van der Waals surface area contributed by atoms with E-state index in [-0.39, 0.29) is 0 Å². The number of hydrogen-bond acceptors (Lipinski definition) is 3. The first-order valence-corrected chi connectivity index (χ1v) is 7.09. The molecule has 0 N–H and O–H groups in total. The zero-order valence-electron chi connectivity index (χ0n) is 11.3. The molecule has 1 aromatic rings. The summed E-state index contributed by atoms with van der Waals surface area (Å²) < 4.78 is 11.3. The molecule has 1 saturated carbocycles. The van der Waals surface area contributed by atoms with Crippen molar-refractivity contribution in [1.82, 2.24) is 0 Å². The van der Waals surface area contributed by atoms with E-state index in [1.54, 1.807) is 12.1 Å². The highest BCUT2D eigenvalue weighted by molar-refractivity contribution is 5.34. The molecule has 0 aromatic heterocycles. The fourth-order valence-corrected chi connectivity index (χ4v) is 2.40. The van der Waals surface area contributed by atoms with Crippen LogP contribution in [-0.2, 0) is 4.74 Å². The van der Waals surface area contributed by atoms with Gasteiger partial charge in [-0.15, -0.1) is 0 Å². The van der Waals surface area contributed by atoms with E-state index in [2.05, 4.69) is 6.07 Å². The lowest BCUT2D eigenvalue weighted by Gasteiger charge is -2.10. The standard InChI is InChI=1S/C16H21NO2/c17-12-14-6-8-16(9-7-14)19-11-3-10-18-13-15-4-1-2-5-15/h6-9,15H,1-5,10-11,13H2. The van der Waals surface area contributed by atoms with Crippen LogP contribution in [0.3, 0.4) is 0 Å². The SMILES string of the molecule is N#Cc1ccc(OCCCOCC2CCCC2)cc1. The summed E-state index contributed by atoms with van der Waals surface area (Å²) in [5, 5.41) is 8.68. The Hall–Kier alpha value is -1.53. The first-order valence-electron chi connectivity index (χ1n) is 7.09. The number of nitrogens with zero attached hydrogens (tertiary/aromatic N) is 1. The molecular weight excluding hydrogens is 238 g/mol. The van der Waals surface area contributed by atoms with E-state index in [9.17, 15) is 0 Å². The fourth-order valence-electron chi connectivity index (χ4n) is 2.40. The Morgan fingerprint density at radius 3 is 2.53 bits per heavy atom. The van der Waals surface area contributed by atoms with Gasteiger partial charge < -0.3 is 9.47 Å². The van der Waals surface area contributed by atoms with Gasteiger partial charge >= 0.3 is 0 Å². The molecule has 0 bridgehead atoms. The van der Waals surface area contributed by atoms with E-state index in [0.29, 0.717) is 12.2 Å². The zero-order chi connectivity index (χ0) is 13.3. The summed E-state index contributed by atoms with van der Waals surface area (Å²) in [5.41, 5.74) is 0.659. The monoisotopic (exact) mass is 259 g/mol. The second kappa shape index (κ2) is 7.81. The Kier molecular flexibility index (Phi) is 5.71. The van der Waals surface area contributed by atoms with Crippen LogP contribution in [0, 0.1) is 17.2 Å². The lowest BCUT2D eigenvalue weighted by Crippen LogP contribution is -2.08. The molecule has 0 aliphatic heterocycles. The van der Waals surface area contributed by atoms with Crippen LogP contribution in [0.4, 0.5) is 0 Å². The largest absolute Gasteiger partial charge is 0.494 e. The molecule has 102 valence electrons. The highest BCUT2D eigenvalue weighted by Crippen LogP contribution is 2.24. The molecule has 0 radical (unpaired) electrons. The molecule has 1 aliphatic carbocycles. The Morgan fingerprint density at radius 1 is 1.11 bits per heavy atom. The number of rotatable bonds is 7. The van der Waals surface area contributed by atoms with Gasteiger partial charge in [0.2, 0.25) is 0 Å². The van der Waals surface area contributed by atoms with Crippen molar-refractivity contribution >= 4 is 0 Å². The summed E-state index contributed by atoms with van der Waals surface area (Å²) in [7, 11) is 0. The van der Waals surface area contributed by atoms with E-state index in [1.165, 1.54) is 25.7 Å². The lowest BCUT2D eigenvalue weighted by atomic mass is 10.1. The van der Waals surface area contributed by atoms with Gasteiger partial charge in [-0.25, -0.2) is 0 Å². The van der Waals surface area contributed by atoms with Gasteiger partial charge in [0.05, 0.1) is 18.2 Å². The van der Waals surface area contributed by atoms with Crippen molar-refractivity contribution in [2.24, 2.45) is 5.92 Å². The molecule has 0 spiro atoms. The normalized spacial score (nSPS) is 15.3. The van der Waals surface area contributed by atoms with Crippen LogP contribution in [0.2, 0.25) is 0 Å². The van der Waals surface area contributed by atoms with Gasteiger partial charge in [-0.2, -0.15) is 5.26 Å². The molecule has 1 aliphatic rings. The smallest absolute Gasteiger partial charge is 0.119 e. The molecule has 3 heteroatoms. The van der Waals surface area contributed by atoms with Crippen LogP contribution in [0.1, 0.15) is 37.7 Å². The third-order valence-electron chi connectivity index (χ3n) is 3.51. The molecule has 1 fully saturated rings. The molecule has 3 nitrogen and oxygen atoms in total. The van der Waals surface area contributed by atoms with Crippen molar-refractivity contribution in [3.8, 4) is 11.8 Å². The van der Waals surface area contributed by atoms with E-state index >= 15 is 0 Å². The number of ether oxygens (including phenoxy) is 2. The van der Waals surface area contributed by atoms with E-state index in [1.807, 2.05) is 12.1 Å². The summed E-state index contributed by atoms with van der Waals surface area (Å²) >= 11 is 0. The van der Waals surface area contributed by atoms with Crippen LogP contribution in [0.5, 0.6) is 5.75 Å². The van der Waals surface area contributed by atoms with E-state index in [4.69, 9.17) is 14.7 Å². The lowest BCUT2D eigenvalue weighted by molar-refractivity contribution is 0.0906. The van der Waals surface area contributed by atoms with Gasteiger partial charge in [-0.3, -0.25) is 0 Å². The maximum Gasteiger partial charge on any atom is 0.119 e. The van der Waals surface area contributed by atoms with Crippen LogP contribution in [0.25, 0.3) is 0 Å². The van der Waals surface area contributed by atoms with Gasteiger partial charge in [0, 0.05) is 19.6 Å². The zero-order valence-corrected chi connectivity index (χ0v) is 11.3. The predicted molar refractivity (Wildman–Crippen MR) is 74.0 cm³/mol. The highest BCUT2D eigenvalue weighted by atomic mass is 16.5. The van der Waals surface area contributed by atoms with Crippen molar-refractivity contribution in [2.75, 3.05) is 19.8 Å². The third kappa shape index (κ3) is 4.92. The van der Waals surface area contributed by atoms with E-state index < -0.39 is 0 Å². The Balaban J connectivity index is 1.52. The summed E-state index contributed by atoms with van der Waals surface area (Å²) in [6, 6.07) is 9.29. The predicted octanol–water partition coefficient (Wildman–Crippen LogP) is 3.53. The molecule has 19 heavy (non-hydrogen) atoms. The van der Waals surface area contributed by atoms with Crippen molar-refractivity contribution in [3.63, 3.8) is 0 Å². The molecule has 0 heterocycles. The van der Waals surface area contributed by atoms with Gasteiger partial charge in [0.25, 0.3) is 0 Å². The molecule has 0 saturated heterocycles. The first-order chi connectivity index (χ1) is 9.38. The van der Waals surface area contributed by atoms with Gasteiger partial charge in [-0.1, -0.05) is 12.8 Å². The molecule has 0 atom stereocenters. The van der Waals surface area contributed by atoms with Crippen LogP contribution in [-0.4, -0.2) is 19.8 Å². The Morgan fingerprint density at radius 2 is 1.84 bits per heavy atom. The Labute approximate surface area is 115 Å². The van der Waals surface area contributed by atoms with Gasteiger partial charge in [0.15, 0.2) is 0 Å². The van der Waals surface area contributed by atoms with Crippen molar-refractivity contribution < 1.29 is 9.47 Å². The van der Waals surface area contributed by atoms with Crippen LogP contribution < -0.4 is 4.74 Å². The summed E-state index contributed by atoms with van der Waals surface area (Å²) in [5.74, 6) is 1.61. The Bertz CT molecular complexity index is 402. The molecule has 2 rings (SSSR count). The average molecular weight is 259 g/mol. The van der Waals surface area contributed by atoms with E-state index in [0.717, 1.165) is 31.3 Å². The number of benzene rings is 1. The first kappa shape index (κ1) is 13.9. The maximum absolute atomic E-state index is 8.68. The molecule has 0 unspecified atom stereocenters. The number of hydrogen-bond donors (Lipinski definition) is 0. The molecule has 0 amide bonds. The average Bonchev–Trinajstić information content (AvgIpc) is 2.96. The van der Waals surface area contributed by atoms with Crippen LogP contribution in [0.15, 0.2) is 24.3 Å². The van der Waals surface area contributed by atoms with Crippen molar-refractivity contribution in [2.45, 2.75) is 32.1 Å². The second-order valence-corrected chi connectivity index (χ2v) is 5.06. The van der Waals surface area contributed by atoms with Crippen LogP contribution >= 0.6 is 0 Å². The number of nitriles is 1.